The molecule has 0 bridgehead atoms. The van der Waals surface area contributed by atoms with Gasteiger partial charge in [0, 0.05) is 10.7 Å². The summed E-state index contributed by atoms with van der Waals surface area (Å²) < 4.78 is 5.44. The molecule has 0 aliphatic rings. The van der Waals surface area contributed by atoms with E-state index in [2.05, 4.69) is 17.6 Å². The van der Waals surface area contributed by atoms with Gasteiger partial charge in [-0.25, -0.2) is 0 Å². The second-order valence-corrected chi connectivity index (χ2v) is 5.67. The van der Waals surface area contributed by atoms with Gasteiger partial charge in [0.05, 0.1) is 12.6 Å². The van der Waals surface area contributed by atoms with Crippen LogP contribution < -0.4 is 15.4 Å². The van der Waals surface area contributed by atoms with Crippen molar-refractivity contribution >= 4 is 34.6 Å². The van der Waals surface area contributed by atoms with Gasteiger partial charge in [0.15, 0.2) is 5.11 Å². The molecule has 0 aromatic heterocycles. The van der Waals surface area contributed by atoms with Crippen LogP contribution in [0.15, 0.2) is 48.5 Å². The largest absolute Gasteiger partial charge is 0.494 e. The molecule has 1 unspecified atom stereocenters. The summed E-state index contributed by atoms with van der Waals surface area (Å²) in [4.78, 5) is 0. The van der Waals surface area contributed by atoms with Gasteiger partial charge in [-0.3, -0.25) is 0 Å². The van der Waals surface area contributed by atoms with Crippen molar-refractivity contribution in [1.82, 2.24) is 5.32 Å². The Kier molecular flexibility index (Phi) is 6.04. The van der Waals surface area contributed by atoms with Gasteiger partial charge in [-0.15, -0.1) is 0 Å². The van der Waals surface area contributed by atoms with Crippen LogP contribution in [0.4, 0.5) is 5.69 Å². The summed E-state index contributed by atoms with van der Waals surface area (Å²) in [7, 11) is 0. The number of halogens is 1. The number of rotatable bonds is 5. The summed E-state index contributed by atoms with van der Waals surface area (Å²) >= 11 is 11.2. The third-order valence-corrected chi connectivity index (χ3v) is 3.61. The third-order valence-electron chi connectivity index (χ3n) is 3.14. The van der Waals surface area contributed by atoms with Gasteiger partial charge in [-0.05, 0) is 68.0 Å². The van der Waals surface area contributed by atoms with Crippen LogP contribution in [0.5, 0.6) is 5.75 Å². The van der Waals surface area contributed by atoms with Gasteiger partial charge in [0.2, 0.25) is 0 Å². The van der Waals surface area contributed by atoms with E-state index in [0.717, 1.165) is 17.0 Å². The first kappa shape index (κ1) is 16.6. The van der Waals surface area contributed by atoms with Crippen molar-refractivity contribution in [3.8, 4) is 5.75 Å². The maximum Gasteiger partial charge on any atom is 0.171 e. The molecule has 0 spiro atoms. The van der Waals surface area contributed by atoms with E-state index < -0.39 is 0 Å². The molecule has 1 atom stereocenters. The monoisotopic (exact) mass is 334 g/mol. The average molecular weight is 335 g/mol. The van der Waals surface area contributed by atoms with Gasteiger partial charge < -0.3 is 15.4 Å². The molecular formula is C17H19ClN2OS. The predicted molar refractivity (Wildman–Crippen MR) is 96.8 cm³/mol. The molecule has 0 aliphatic carbocycles. The second-order valence-electron chi connectivity index (χ2n) is 4.83. The van der Waals surface area contributed by atoms with E-state index in [1.54, 1.807) is 0 Å². The van der Waals surface area contributed by atoms with E-state index in [9.17, 15) is 0 Å². The number of hydrogen-bond donors (Lipinski definition) is 2. The number of hydrogen-bond acceptors (Lipinski definition) is 2. The Bertz CT molecular complexity index is 614. The SMILES string of the molecule is CCOc1ccc(C(C)NC(=S)Nc2ccc(Cl)cc2)cc1. The van der Waals surface area contributed by atoms with E-state index >= 15 is 0 Å². The van der Waals surface area contributed by atoms with Crippen molar-refractivity contribution in [2.45, 2.75) is 19.9 Å². The molecule has 0 saturated carbocycles. The summed E-state index contributed by atoms with van der Waals surface area (Å²) in [6.45, 7) is 4.70. The standard InChI is InChI=1S/C17H19ClN2OS/c1-3-21-16-10-4-13(5-11-16)12(2)19-17(22)20-15-8-6-14(18)7-9-15/h4-12H,3H2,1-2H3,(H2,19,20,22). The van der Waals surface area contributed by atoms with E-state index in [1.807, 2.05) is 55.5 Å². The van der Waals surface area contributed by atoms with Crippen LogP contribution in [0.3, 0.4) is 0 Å². The molecule has 2 N–H and O–H groups in total. The van der Waals surface area contributed by atoms with Crippen LogP contribution in [0, 0.1) is 0 Å². The molecule has 0 aliphatic heterocycles. The van der Waals surface area contributed by atoms with Gasteiger partial charge in [0.25, 0.3) is 0 Å². The number of ether oxygens (including phenoxy) is 1. The predicted octanol–water partition coefficient (Wildman–Crippen LogP) is 4.79. The number of anilines is 1. The lowest BCUT2D eigenvalue weighted by atomic mass is 10.1. The molecule has 0 saturated heterocycles. The minimum absolute atomic E-state index is 0.1000. The molecule has 0 fully saturated rings. The molecule has 2 aromatic carbocycles. The topological polar surface area (TPSA) is 33.3 Å². The van der Waals surface area contributed by atoms with E-state index in [1.165, 1.54) is 0 Å². The van der Waals surface area contributed by atoms with Crippen LogP contribution in [-0.2, 0) is 0 Å². The molecule has 22 heavy (non-hydrogen) atoms. The highest BCUT2D eigenvalue weighted by Gasteiger charge is 2.07. The lowest BCUT2D eigenvalue weighted by Gasteiger charge is -2.18. The zero-order valence-electron chi connectivity index (χ0n) is 12.6. The normalized spacial score (nSPS) is 11.6. The third kappa shape index (κ3) is 4.90. The molecule has 2 rings (SSSR count). The molecule has 5 heteroatoms. The van der Waals surface area contributed by atoms with E-state index in [-0.39, 0.29) is 6.04 Å². The van der Waals surface area contributed by atoms with Gasteiger partial charge in [0.1, 0.15) is 5.75 Å². The van der Waals surface area contributed by atoms with Gasteiger partial charge >= 0.3 is 0 Å². The maximum absolute atomic E-state index is 5.86. The van der Waals surface area contributed by atoms with Crippen LogP contribution in [-0.4, -0.2) is 11.7 Å². The van der Waals surface area contributed by atoms with Crippen molar-refractivity contribution in [3.63, 3.8) is 0 Å². The number of benzene rings is 2. The number of nitrogens with one attached hydrogen (secondary N) is 2. The van der Waals surface area contributed by atoms with Crippen LogP contribution >= 0.6 is 23.8 Å². The van der Waals surface area contributed by atoms with Crippen molar-refractivity contribution in [2.75, 3.05) is 11.9 Å². The average Bonchev–Trinajstić information content (AvgIpc) is 2.50. The molecule has 2 aromatic rings. The minimum Gasteiger partial charge on any atom is -0.494 e. The second kappa shape index (κ2) is 8.01. The number of thiocarbonyl (C=S) groups is 1. The maximum atomic E-state index is 5.86. The fourth-order valence-electron chi connectivity index (χ4n) is 2.00. The van der Waals surface area contributed by atoms with Crippen LogP contribution in [0.25, 0.3) is 0 Å². The highest BCUT2D eigenvalue weighted by Crippen LogP contribution is 2.18. The van der Waals surface area contributed by atoms with Crippen molar-refractivity contribution < 1.29 is 4.74 Å². The Morgan fingerprint density at radius 2 is 1.77 bits per heavy atom. The molecular weight excluding hydrogens is 316 g/mol. The summed E-state index contributed by atoms with van der Waals surface area (Å²) in [5, 5.41) is 7.67. The van der Waals surface area contributed by atoms with Crippen LogP contribution in [0.1, 0.15) is 25.5 Å². The summed E-state index contributed by atoms with van der Waals surface area (Å²) in [5.41, 5.74) is 2.05. The Labute approximate surface area is 141 Å². The van der Waals surface area contributed by atoms with Gasteiger partial charge in [-0.2, -0.15) is 0 Å². The molecule has 0 radical (unpaired) electrons. The lowest BCUT2D eigenvalue weighted by Crippen LogP contribution is -2.30. The lowest BCUT2D eigenvalue weighted by molar-refractivity contribution is 0.340. The molecule has 0 heterocycles. The van der Waals surface area contributed by atoms with Crippen molar-refractivity contribution in [3.05, 3.63) is 59.1 Å². The van der Waals surface area contributed by atoms with Crippen LogP contribution in [0.2, 0.25) is 5.02 Å². The Hall–Kier alpha value is -1.78. The van der Waals surface area contributed by atoms with Crippen molar-refractivity contribution in [1.29, 1.82) is 0 Å². The highest BCUT2D eigenvalue weighted by atomic mass is 35.5. The minimum atomic E-state index is 0.1000. The first-order valence-electron chi connectivity index (χ1n) is 7.14. The first-order chi connectivity index (χ1) is 10.6. The zero-order valence-corrected chi connectivity index (χ0v) is 14.2. The molecule has 3 nitrogen and oxygen atoms in total. The fraction of sp³-hybridized carbons (Fsp3) is 0.235. The fourth-order valence-corrected chi connectivity index (χ4v) is 2.42. The zero-order chi connectivity index (χ0) is 15.9. The summed E-state index contributed by atoms with van der Waals surface area (Å²) in [6, 6.07) is 15.5. The van der Waals surface area contributed by atoms with Gasteiger partial charge in [-0.1, -0.05) is 23.7 Å². The molecule has 0 amide bonds. The highest BCUT2D eigenvalue weighted by molar-refractivity contribution is 7.80. The Morgan fingerprint density at radius 3 is 2.36 bits per heavy atom. The summed E-state index contributed by atoms with van der Waals surface area (Å²) in [5.74, 6) is 0.875. The van der Waals surface area contributed by atoms with Crippen molar-refractivity contribution in [2.24, 2.45) is 0 Å². The Balaban J connectivity index is 1.91. The molecule has 116 valence electrons. The Morgan fingerprint density at radius 1 is 1.14 bits per heavy atom. The smallest absolute Gasteiger partial charge is 0.171 e. The summed E-state index contributed by atoms with van der Waals surface area (Å²) in [6.07, 6.45) is 0. The van der Waals surface area contributed by atoms with E-state index in [0.29, 0.717) is 16.7 Å². The first-order valence-corrected chi connectivity index (χ1v) is 7.93. The van der Waals surface area contributed by atoms with E-state index in [4.69, 9.17) is 28.6 Å². The quantitative estimate of drug-likeness (QED) is 0.770.